The van der Waals surface area contributed by atoms with Crippen LogP contribution in [0.4, 0.5) is 4.79 Å². The molecule has 2 heterocycles. The molecule has 0 bridgehead atoms. The lowest BCUT2D eigenvalue weighted by Crippen LogP contribution is -2.51. The summed E-state index contributed by atoms with van der Waals surface area (Å²) in [5.74, 6) is 1.31. The molecule has 1 saturated heterocycles. The van der Waals surface area contributed by atoms with Gasteiger partial charge in [0.15, 0.2) is 0 Å². The topological polar surface area (TPSA) is 91.4 Å². The fourth-order valence-electron chi connectivity index (χ4n) is 5.76. The summed E-state index contributed by atoms with van der Waals surface area (Å²) in [6, 6.07) is 16.0. The van der Waals surface area contributed by atoms with E-state index in [9.17, 15) is 14.4 Å². The standard InChI is InChI=1S/C32H40N4O5/c1-3-36-27(22-34-17-10-18-35(20-19-34)30(37)23-11-8-12-23)28(31(38)40-4-2)29(33-32(36)39)24-13-9-16-26(21-24)41-25-14-6-5-7-15-25/h5-7,9,13-16,21,23,29H,3-4,8,10-12,17-20,22H2,1-2H3,(H,33,39). The zero-order chi connectivity index (χ0) is 28.8. The number of para-hydroxylation sites is 1. The summed E-state index contributed by atoms with van der Waals surface area (Å²) in [4.78, 5) is 45.7. The number of benzene rings is 2. The number of carbonyl (C=O) groups excluding carboxylic acids is 3. The van der Waals surface area contributed by atoms with Crippen molar-refractivity contribution in [2.75, 3.05) is 45.9 Å². The van der Waals surface area contributed by atoms with Crippen molar-refractivity contribution in [1.82, 2.24) is 20.0 Å². The van der Waals surface area contributed by atoms with Crippen LogP contribution in [0.25, 0.3) is 0 Å². The molecule has 1 N–H and O–H groups in total. The quantitative estimate of drug-likeness (QED) is 0.447. The summed E-state index contributed by atoms with van der Waals surface area (Å²) in [5.41, 5.74) is 1.81. The number of urea groups is 1. The number of nitrogens with one attached hydrogen (secondary N) is 1. The predicted octanol–water partition coefficient (Wildman–Crippen LogP) is 4.72. The predicted molar refractivity (Wildman–Crippen MR) is 155 cm³/mol. The summed E-state index contributed by atoms with van der Waals surface area (Å²) in [6.45, 7) is 7.58. The van der Waals surface area contributed by atoms with Crippen molar-refractivity contribution in [1.29, 1.82) is 0 Å². The van der Waals surface area contributed by atoms with Gasteiger partial charge in [-0.15, -0.1) is 0 Å². The van der Waals surface area contributed by atoms with Crippen LogP contribution in [0.2, 0.25) is 0 Å². The van der Waals surface area contributed by atoms with Gasteiger partial charge in [0, 0.05) is 50.9 Å². The van der Waals surface area contributed by atoms with Crippen LogP contribution in [0.15, 0.2) is 65.9 Å². The first-order valence-electron chi connectivity index (χ1n) is 14.8. The molecule has 218 valence electrons. The van der Waals surface area contributed by atoms with Crippen LogP contribution in [0.1, 0.15) is 51.1 Å². The third-order valence-corrected chi connectivity index (χ3v) is 8.15. The average molecular weight is 561 g/mol. The Morgan fingerprint density at radius 2 is 1.71 bits per heavy atom. The Bertz CT molecular complexity index is 1280. The molecule has 0 aromatic heterocycles. The number of amides is 3. The molecule has 0 spiro atoms. The lowest BCUT2D eigenvalue weighted by molar-refractivity contribution is -0.139. The first kappa shape index (κ1) is 28.7. The molecule has 2 aromatic rings. The Hall–Kier alpha value is -3.85. The molecular formula is C32H40N4O5. The van der Waals surface area contributed by atoms with Crippen LogP contribution >= 0.6 is 0 Å². The van der Waals surface area contributed by atoms with Gasteiger partial charge in [0.2, 0.25) is 5.91 Å². The minimum absolute atomic E-state index is 0.180. The van der Waals surface area contributed by atoms with Gasteiger partial charge in [0.05, 0.1) is 18.2 Å². The molecule has 9 heteroatoms. The van der Waals surface area contributed by atoms with E-state index in [4.69, 9.17) is 9.47 Å². The minimum Gasteiger partial charge on any atom is -0.463 e. The van der Waals surface area contributed by atoms with Crippen molar-refractivity contribution in [2.24, 2.45) is 5.92 Å². The van der Waals surface area contributed by atoms with Gasteiger partial charge in [0.25, 0.3) is 0 Å². The Morgan fingerprint density at radius 3 is 2.41 bits per heavy atom. The monoisotopic (exact) mass is 560 g/mol. The van der Waals surface area contributed by atoms with E-state index in [-0.39, 0.29) is 24.5 Å². The van der Waals surface area contributed by atoms with Gasteiger partial charge in [-0.05, 0) is 62.9 Å². The summed E-state index contributed by atoms with van der Waals surface area (Å²) in [5, 5.41) is 3.04. The summed E-state index contributed by atoms with van der Waals surface area (Å²) in [7, 11) is 0. The minimum atomic E-state index is -0.692. The van der Waals surface area contributed by atoms with Gasteiger partial charge in [0.1, 0.15) is 11.5 Å². The van der Waals surface area contributed by atoms with Gasteiger partial charge in [-0.25, -0.2) is 9.59 Å². The highest BCUT2D eigenvalue weighted by Gasteiger charge is 2.39. The smallest absolute Gasteiger partial charge is 0.338 e. The van der Waals surface area contributed by atoms with Crippen LogP contribution in [-0.2, 0) is 14.3 Å². The summed E-state index contributed by atoms with van der Waals surface area (Å²) >= 11 is 0. The molecule has 2 aromatic carbocycles. The maximum atomic E-state index is 13.5. The first-order valence-corrected chi connectivity index (χ1v) is 14.8. The molecule has 0 radical (unpaired) electrons. The third kappa shape index (κ3) is 6.56. The lowest BCUT2D eigenvalue weighted by atomic mass is 9.84. The van der Waals surface area contributed by atoms with E-state index in [0.717, 1.165) is 44.3 Å². The van der Waals surface area contributed by atoms with E-state index in [1.165, 1.54) is 0 Å². The highest BCUT2D eigenvalue weighted by molar-refractivity contribution is 5.95. The Balaban J connectivity index is 1.44. The number of ether oxygens (including phenoxy) is 2. The zero-order valence-corrected chi connectivity index (χ0v) is 24.0. The Morgan fingerprint density at radius 1 is 0.927 bits per heavy atom. The number of likely N-dealkylation sites (N-methyl/N-ethyl adjacent to an activating group) is 1. The molecular weight excluding hydrogens is 520 g/mol. The summed E-state index contributed by atoms with van der Waals surface area (Å²) in [6.07, 6.45) is 3.97. The van der Waals surface area contributed by atoms with Gasteiger partial charge < -0.3 is 19.7 Å². The summed E-state index contributed by atoms with van der Waals surface area (Å²) < 4.78 is 11.6. The van der Waals surface area contributed by atoms with Crippen molar-refractivity contribution in [3.05, 3.63) is 71.4 Å². The van der Waals surface area contributed by atoms with Crippen LogP contribution in [0, 0.1) is 5.92 Å². The molecule has 2 fully saturated rings. The second-order valence-electron chi connectivity index (χ2n) is 10.8. The van der Waals surface area contributed by atoms with Crippen LogP contribution in [0.3, 0.4) is 0 Å². The van der Waals surface area contributed by atoms with E-state index in [0.29, 0.717) is 48.9 Å². The van der Waals surface area contributed by atoms with Crippen molar-refractivity contribution >= 4 is 17.9 Å². The normalized spacial score (nSPS) is 20.2. The van der Waals surface area contributed by atoms with E-state index in [1.807, 2.05) is 66.4 Å². The van der Waals surface area contributed by atoms with Crippen LogP contribution in [0.5, 0.6) is 11.5 Å². The van der Waals surface area contributed by atoms with Crippen molar-refractivity contribution in [3.63, 3.8) is 0 Å². The van der Waals surface area contributed by atoms with Crippen molar-refractivity contribution < 1.29 is 23.9 Å². The Kier molecular flexibility index (Phi) is 9.24. The van der Waals surface area contributed by atoms with E-state index in [2.05, 4.69) is 10.2 Å². The number of esters is 1. The maximum absolute atomic E-state index is 13.5. The number of hydrogen-bond acceptors (Lipinski definition) is 6. The molecule has 1 atom stereocenters. The zero-order valence-electron chi connectivity index (χ0n) is 24.0. The second kappa shape index (κ2) is 13.2. The number of hydrogen-bond donors (Lipinski definition) is 1. The maximum Gasteiger partial charge on any atom is 0.338 e. The molecule has 1 aliphatic carbocycles. The molecule has 2 aliphatic heterocycles. The van der Waals surface area contributed by atoms with Crippen LogP contribution < -0.4 is 10.1 Å². The van der Waals surface area contributed by atoms with E-state index < -0.39 is 12.0 Å². The second-order valence-corrected chi connectivity index (χ2v) is 10.8. The Labute approximate surface area is 242 Å². The molecule has 3 aliphatic rings. The number of rotatable bonds is 9. The molecule has 3 amide bonds. The number of nitrogens with zero attached hydrogens (tertiary/aromatic N) is 3. The fraction of sp³-hybridized carbons (Fsp3) is 0.469. The number of carbonyl (C=O) groups is 3. The molecule has 41 heavy (non-hydrogen) atoms. The highest BCUT2D eigenvalue weighted by atomic mass is 16.5. The fourth-order valence-corrected chi connectivity index (χ4v) is 5.76. The third-order valence-electron chi connectivity index (χ3n) is 8.15. The van der Waals surface area contributed by atoms with Gasteiger partial charge in [-0.2, -0.15) is 0 Å². The molecule has 9 nitrogen and oxygen atoms in total. The molecule has 1 saturated carbocycles. The van der Waals surface area contributed by atoms with Crippen molar-refractivity contribution in [2.45, 2.75) is 45.6 Å². The average Bonchev–Trinajstić information content (AvgIpc) is 3.18. The molecule has 5 rings (SSSR count). The lowest BCUT2D eigenvalue weighted by Gasteiger charge is -2.38. The molecule has 1 unspecified atom stereocenters. The van der Waals surface area contributed by atoms with Crippen LogP contribution in [-0.4, -0.2) is 78.5 Å². The largest absolute Gasteiger partial charge is 0.463 e. The van der Waals surface area contributed by atoms with E-state index >= 15 is 0 Å². The highest BCUT2D eigenvalue weighted by Crippen LogP contribution is 2.34. The first-order chi connectivity index (χ1) is 20.0. The SMILES string of the molecule is CCOC(=O)C1=C(CN2CCCN(C(=O)C3CCC3)CC2)N(CC)C(=O)NC1c1cccc(Oc2ccccc2)c1. The van der Waals surface area contributed by atoms with Gasteiger partial charge in [-0.3, -0.25) is 14.6 Å². The van der Waals surface area contributed by atoms with E-state index in [1.54, 1.807) is 11.8 Å². The van der Waals surface area contributed by atoms with Crippen molar-refractivity contribution in [3.8, 4) is 11.5 Å². The van der Waals surface area contributed by atoms with Gasteiger partial charge in [-0.1, -0.05) is 36.8 Å². The van der Waals surface area contributed by atoms with Gasteiger partial charge >= 0.3 is 12.0 Å².